The summed E-state index contributed by atoms with van der Waals surface area (Å²) in [6.45, 7) is 3.10. The van der Waals surface area contributed by atoms with Crippen LogP contribution in [0, 0.1) is 18.2 Å². The Hall–Kier alpha value is -2.60. The average molecular weight is 487 g/mol. The van der Waals surface area contributed by atoms with Crippen molar-refractivity contribution in [1.29, 1.82) is 0 Å². The minimum Gasteiger partial charge on any atom is -0.493 e. The first-order chi connectivity index (χ1) is 16.2. The maximum atomic E-state index is 14.8. The van der Waals surface area contributed by atoms with Gasteiger partial charge in [-0.05, 0) is 62.4 Å². The summed E-state index contributed by atoms with van der Waals surface area (Å²) in [5, 5.41) is 0.656. The second-order valence-electron chi connectivity index (χ2n) is 9.94. The highest BCUT2D eigenvalue weighted by Gasteiger charge is 2.49. The molecule has 1 heterocycles. The Morgan fingerprint density at radius 1 is 1.12 bits per heavy atom. The van der Waals surface area contributed by atoms with E-state index in [9.17, 15) is 14.0 Å². The van der Waals surface area contributed by atoms with Crippen molar-refractivity contribution in [3.05, 3.63) is 64.4 Å². The normalized spacial score (nSPS) is 21.9. The summed E-state index contributed by atoms with van der Waals surface area (Å²) in [5.41, 5.74) is 5.57. The first-order valence-electron chi connectivity index (χ1n) is 12.0. The van der Waals surface area contributed by atoms with Gasteiger partial charge in [0.05, 0.1) is 12.0 Å². The van der Waals surface area contributed by atoms with Gasteiger partial charge in [-0.2, -0.15) is 0 Å². The van der Waals surface area contributed by atoms with Crippen LogP contribution in [-0.2, 0) is 15.0 Å². The molecule has 4 rings (SSSR count). The van der Waals surface area contributed by atoms with Gasteiger partial charge in [-0.25, -0.2) is 4.39 Å². The number of nitrogens with two attached hydrogens (primary N) is 1. The molecule has 0 spiro atoms. The number of piperidine rings is 1. The van der Waals surface area contributed by atoms with E-state index in [0.29, 0.717) is 42.3 Å². The molecule has 1 unspecified atom stereocenters. The molecule has 2 aromatic carbocycles. The van der Waals surface area contributed by atoms with Crippen LogP contribution in [0.2, 0.25) is 5.02 Å². The summed E-state index contributed by atoms with van der Waals surface area (Å²) < 4.78 is 20.9. The highest BCUT2D eigenvalue weighted by atomic mass is 35.5. The lowest BCUT2D eigenvalue weighted by atomic mass is 9.74. The van der Waals surface area contributed by atoms with Crippen molar-refractivity contribution < 1.29 is 18.7 Å². The molecular formula is C27H32ClFN2O3. The molecular weight excluding hydrogens is 455 g/mol. The lowest BCUT2D eigenvalue weighted by Crippen LogP contribution is -2.55. The molecule has 5 nitrogen and oxygen atoms in total. The second-order valence-corrected chi connectivity index (χ2v) is 10.3. The molecule has 2 aromatic rings. The van der Waals surface area contributed by atoms with Crippen molar-refractivity contribution in [2.45, 2.75) is 57.3 Å². The van der Waals surface area contributed by atoms with Crippen LogP contribution in [0.4, 0.5) is 4.39 Å². The molecule has 1 saturated heterocycles. The van der Waals surface area contributed by atoms with Gasteiger partial charge in [-0.1, -0.05) is 42.6 Å². The van der Waals surface area contributed by atoms with Gasteiger partial charge in [-0.3, -0.25) is 9.59 Å². The van der Waals surface area contributed by atoms with Crippen LogP contribution in [0.5, 0.6) is 5.75 Å². The number of aryl methyl sites for hydroxylation is 1. The van der Waals surface area contributed by atoms with Crippen LogP contribution in [0.3, 0.4) is 0 Å². The number of primary amides is 1. The molecule has 7 heteroatoms. The number of ether oxygens (including phenoxy) is 1. The van der Waals surface area contributed by atoms with Crippen LogP contribution in [-0.4, -0.2) is 36.4 Å². The van der Waals surface area contributed by atoms with Crippen LogP contribution >= 0.6 is 11.6 Å². The number of nitrogens with zero attached hydrogens (tertiary/aromatic N) is 1. The van der Waals surface area contributed by atoms with Gasteiger partial charge >= 0.3 is 0 Å². The molecule has 2 aliphatic rings. The van der Waals surface area contributed by atoms with Crippen molar-refractivity contribution in [3.8, 4) is 5.75 Å². The van der Waals surface area contributed by atoms with E-state index in [2.05, 4.69) is 0 Å². The van der Waals surface area contributed by atoms with Crippen LogP contribution in [0.25, 0.3) is 0 Å². The number of amides is 2. The quantitative estimate of drug-likeness (QED) is 0.587. The number of benzene rings is 2. The smallest absolute Gasteiger partial charge is 0.233 e. The molecule has 0 aromatic heterocycles. The number of rotatable bonds is 7. The van der Waals surface area contributed by atoms with E-state index in [1.807, 2.05) is 17.9 Å². The standard InChI is InChI=1S/C27H32ClFN2O3/c1-19-15-20(9-10-22(19)28)34-18-26(16-24(30)32)11-6-14-31(17-26)25(33)27(12-4-5-13-27)21-7-2-3-8-23(21)29/h2-3,7-10,15H,4-6,11-14,16-18H2,1H3,(H2,30,32). The molecule has 0 bridgehead atoms. The first kappa shape index (κ1) is 24.5. The van der Waals surface area contributed by atoms with Crippen LogP contribution in [0.1, 0.15) is 56.1 Å². The highest BCUT2D eigenvalue weighted by molar-refractivity contribution is 6.31. The van der Waals surface area contributed by atoms with Crippen molar-refractivity contribution in [1.82, 2.24) is 4.90 Å². The number of hydrogen-bond acceptors (Lipinski definition) is 3. The topological polar surface area (TPSA) is 72.6 Å². The third-order valence-corrected chi connectivity index (χ3v) is 7.85. The van der Waals surface area contributed by atoms with Gasteiger partial charge in [0.2, 0.25) is 11.8 Å². The van der Waals surface area contributed by atoms with Crippen molar-refractivity contribution in [2.24, 2.45) is 11.1 Å². The third kappa shape index (κ3) is 4.92. The molecule has 182 valence electrons. The first-order valence-corrected chi connectivity index (χ1v) is 12.3. The minimum atomic E-state index is -0.852. The Kier molecular flexibility index (Phi) is 7.17. The van der Waals surface area contributed by atoms with Gasteiger partial charge in [-0.15, -0.1) is 0 Å². The summed E-state index contributed by atoms with van der Waals surface area (Å²) in [7, 11) is 0. The molecule has 2 N–H and O–H groups in total. The average Bonchev–Trinajstić information content (AvgIpc) is 3.30. The van der Waals surface area contributed by atoms with Gasteiger partial charge in [0.1, 0.15) is 11.6 Å². The zero-order chi connectivity index (χ0) is 24.3. The molecule has 0 radical (unpaired) electrons. The number of carbonyl (C=O) groups is 2. The van der Waals surface area contributed by atoms with E-state index >= 15 is 0 Å². The minimum absolute atomic E-state index is 0.0500. The summed E-state index contributed by atoms with van der Waals surface area (Å²) in [4.78, 5) is 27.9. The van der Waals surface area contributed by atoms with Crippen molar-refractivity contribution in [3.63, 3.8) is 0 Å². The molecule has 2 fully saturated rings. The monoisotopic (exact) mass is 486 g/mol. The van der Waals surface area contributed by atoms with Crippen LogP contribution < -0.4 is 10.5 Å². The Balaban J connectivity index is 1.59. The van der Waals surface area contributed by atoms with Gasteiger partial charge in [0.25, 0.3) is 0 Å². The van der Waals surface area contributed by atoms with Crippen molar-refractivity contribution in [2.75, 3.05) is 19.7 Å². The largest absolute Gasteiger partial charge is 0.493 e. The summed E-state index contributed by atoms with van der Waals surface area (Å²) in [5.74, 6) is -0.145. The van der Waals surface area contributed by atoms with Crippen LogP contribution in [0.15, 0.2) is 42.5 Å². The summed E-state index contributed by atoms with van der Waals surface area (Å²) in [6, 6.07) is 12.1. The number of hydrogen-bond donors (Lipinski definition) is 1. The number of likely N-dealkylation sites (tertiary alicyclic amines) is 1. The fraction of sp³-hybridized carbons (Fsp3) is 0.481. The van der Waals surface area contributed by atoms with E-state index in [1.165, 1.54) is 6.07 Å². The maximum absolute atomic E-state index is 14.8. The zero-order valence-electron chi connectivity index (χ0n) is 19.6. The molecule has 1 aliphatic carbocycles. The highest BCUT2D eigenvalue weighted by Crippen LogP contribution is 2.45. The summed E-state index contributed by atoms with van der Waals surface area (Å²) in [6.07, 6.45) is 4.61. The molecule has 2 amide bonds. The Bertz CT molecular complexity index is 1070. The van der Waals surface area contributed by atoms with Crippen molar-refractivity contribution >= 4 is 23.4 Å². The number of carbonyl (C=O) groups excluding carboxylic acids is 2. The zero-order valence-corrected chi connectivity index (χ0v) is 20.4. The Labute approximate surface area is 205 Å². The van der Waals surface area contributed by atoms with Gasteiger partial charge < -0.3 is 15.4 Å². The van der Waals surface area contributed by atoms with E-state index in [0.717, 1.165) is 31.2 Å². The molecule has 1 atom stereocenters. The predicted molar refractivity (Wildman–Crippen MR) is 130 cm³/mol. The summed E-state index contributed by atoms with van der Waals surface area (Å²) >= 11 is 6.13. The SMILES string of the molecule is Cc1cc(OCC2(CC(N)=O)CCCN(C(=O)C3(c4ccccc4F)CCCC3)C2)ccc1Cl. The van der Waals surface area contributed by atoms with E-state index in [4.69, 9.17) is 22.1 Å². The molecule has 34 heavy (non-hydrogen) atoms. The Morgan fingerprint density at radius 2 is 1.85 bits per heavy atom. The van der Waals surface area contributed by atoms with Gasteiger partial charge in [0.15, 0.2) is 0 Å². The molecule has 1 saturated carbocycles. The molecule has 1 aliphatic heterocycles. The van der Waals surface area contributed by atoms with E-state index in [-0.39, 0.29) is 24.8 Å². The maximum Gasteiger partial charge on any atom is 0.233 e. The van der Waals surface area contributed by atoms with Gasteiger partial charge in [0, 0.05) is 35.5 Å². The Morgan fingerprint density at radius 3 is 2.53 bits per heavy atom. The number of halogens is 2. The second kappa shape index (κ2) is 9.95. The lowest BCUT2D eigenvalue weighted by Gasteiger charge is -2.45. The fourth-order valence-corrected chi connectivity index (χ4v) is 5.85. The van der Waals surface area contributed by atoms with E-state index < -0.39 is 16.7 Å². The third-order valence-electron chi connectivity index (χ3n) is 7.43. The predicted octanol–water partition coefficient (Wildman–Crippen LogP) is 5.16. The van der Waals surface area contributed by atoms with E-state index in [1.54, 1.807) is 30.3 Å². The fourth-order valence-electron chi connectivity index (χ4n) is 5.74. The lowest BCUT2D eigenvalue weighted by molar-refractivity contribution is -0.143.